The number of halogens is 2. The maximum atomic E-state index is 13.0. The molecule has 2 aromatic rings. The fourth-order valence-corrected chi connectivity index (χ4v) is 1.32. The van der Waals surface area contributed by atoms with Crippen LogP contribution < -0.4 is 15.0 Å². The number of benzene rings is 1. The Morgan fingerprint density at radius 1 is 1.22 bits per heavy atom. The predicted octanol–water partition coefficient (Wildman–Crippen LogP) is 1.85. The van der Waals surface area contributed by atoms with E-state index in [1.807, 2.05) is 0 Å². The Morgan fingerprint density at radius 2 is 1.89 bits per heavy atom. The van der Waals surface area contributed by atoms with Crippen molar-refractivity contribution in [3.63, 3.8) is 0 Å². The maximum absolute atomic E-state index is 13.0. The minimum atomic E-state index is -0.797. The largest absolute Gasteiger partial charge is 0.487 e. The zero-order valence-corrected chi connectivity index (χ0v) is 9.24. The summed E-state index contributed by atoms with van der Waals surface area (Å²) < 4.78 is 35.8. The number of ether oxygens (including phenoxy) is 2. The molecule has 1 aromatic heterocycles. The molecule has 0 aliphatic heterocycles. The highest BCUT2D eigenvalue weighted by molar-refractivity contribution is 5.35. The van der Waals surface area contributed by atoms with E-state index in [0.29, 0.717) is 6.07 Å². The molecule has 0 aliphatic rings. The Labute approximate surface area is 100 Å². The van der Waals surface area contributed by atoms with E-state index in [2.05, 4.69) is 9.97 Å². The standard InChI is InChI=1S/C11H8F2N2O3/c1-17-9-10(16)14-5-15-11(9)18-8-3-6(12)2-7(13)4-8/h2-5H,1H3,(H,14,15,16). The van der Waals surface area contributed by atoms with Crippen LogP contribution in [0.25, 0.3) is 0 Å². The van der Waals surface area contributed by atoms with Crippen molar-refractivity contribution in [2.45, 2.75) is 0 Å². The van der Waals surface area contributed by atoms with E-state index in [1.165, 1.54) is 7.11 Å². The Morgan fingerprint density at radius 3 is 2.50 bits per heavy atom. The van der Waals surface area contributed by atoms with E-state index in [9.17, 15) is 13.6 Å². The number of aromatic amines is 1. The topological polar surface area (TPSA) is 64.2 Å². The van der Waals surface area contributed by atoms with Crippen molar-refractivity contribution in [2.24, 2.45) is 0 Å². The van der Waals surface area contributed by atoms with Crippen LogP contribution in [-0.4, -0.2) is 17.1 Å². The summed E-state index contributed by atoms with van der Waals surface area (Å²) in [6.07, 6.45) is 1.09. The first-order chi connectivity index (χ1) is 8.60. The van der Waals surface area contributed by atoms with Crippen LogP contribution in [0.4, 0.5) is 8.78 Å². The van der Waals surface area contributed by atoms with E-state index < -0.39 is 17.2 Å². The van der Waals surface area contributed by atoms with E-state index in [4.69, 9.17) is 9.47 Å². The zero-order valence-electron chi connectivity index (χ0n) is 9.24. The number of methoxy groups -OCH3 is 1. The molecule has 0 amide bonds. The van der Waals surface area contributed by atoms with Gasteiger partial charge in [-0.1, -0.05) is 0 Å². The van der Waals surface area contributed by atoms with E-state index in [-0.39, 0.29) is 17.4 Å². The summed E-state index contributed by atoms with van der Waals surface area (Å²) in [6, 6.07) is 2.63. The van der Waals surface area contributed by atoms with Crippen LogP contribution in [0.1, 0.15) is 0 Å². The van der Waals surface area contributed by atoms with Gasteiger partial charge in [-0.25, -0.2) is 13.8 Å². The Bertz CT molecular complexity index is 608. The maximum Gasteiger partial charge on any atom is 0.297 e. The molecule has 0 spiro atoms. The predicted molar refractivity (Wildman–Crippen MR) is 57.8 cm³/mol. The third-order valence-electron chi connectivity index (χ3n) is 2.03. The average molecular weight is 254 g/mol. The smallest absolute Gasteiger partial charge is 0.297 e. The highest BCUT2D eigenvalue weighted by Crippen LogP contribution is 2.26. The second kappa shape index (κ2) is 4.82. The number of rotatable bonds is 3. The molecular weight excluding hydrogens is 246 g/mol. The molecule has 18 heavy (non-hydrogen) atoms. The number of hydrogen-bond donors (Lipinski definition) is 1. The van der Waals surface area contributed by atoms with Gasteiger partial charge in [0.15, 0.2) is 0 Å². The van der Waals surface area contributed by atoms with Gasteiger partial charge in [0.05, 0.1) is 13.4 Å². The number of hydrogen-bond acceptors (Lipinski definition) is 4. The third-order valence-corrected chi connectivity index (χ3v) is 2.03. The summed E-state index contributed by atoms with van der Waals surface area (Å²) in [7, 11) is 1.26. The summed E-state index contributed by atoms with van der Waals surface area (Å²) in [5.74, 6) is -2.07. The van der Waals surface area contributed by atoms with Crippen LogP contribution in [0.15, 0.2) is 29.3 Å². The summed E-state index contributed by atoms with van der Waals surface area (Å²) in [5, 5.41) is 0. The van der Waals surface area contributed by atoms with Crippen molar-refractivity contribution in [1.29, 1.82) is 0 Å². The molecule has 0 atom stereocenters. The number of H-pyrrole nitrogens is 1. The molecule has 0 bridgehead atoms. The van der Waals surface area contributed by atoms with Gasteiger partial charge in [-0.2, -0.15) is 0 Å². The second-order valence-corrected chi connectivity index (χ2v) is 3.28. The van der Waals surface area contributed by atoms with Gasteiger partial charge >= 0.3 is 0 Å². The molecule has 0 saturated heterocycles. The van der Waals surface area contributed by atoms with Crippen LogP contribution >= 0.6 is 0 Å². The fraction of sp³-hybridized carbons (Fsp3) is 0.0909. The van der Waals surface area contributed by atoms with Crippen LogP contribution in [-0.2, 0) is 0 Å². The molecule has 0 aliphatic carbocycles. The molecule has 0 radical (unpaired) electrons. The lowest BCUT2D eigenvalue weighted by Crippen LogP contribution is -2.11. The molecule has 94 valence electrons. The quantitative estimate of drug-likeness (QED) is 0.907. The fourth-order valence-electron chi connectivity index (χ4n) is 1.32. The molecule has 0 saturated carbocycles. The second-order valence-electron chi connectivity index (χ2n) is 3.28. The molecule has 5 nitrogen and oxygen atoms in total. The van der Waals surface area contributed by atoms with Crippen molar-refractivity contribution in [2.75, 3.05) is 7.11 Å². The molecule has 7 heteroatoms. The zero-order chi connectivity index (χ0) is 13.1. The van der Waals surface area contributed by atoms with Crippen molar-refractivity contribution in [1.82, 2.24) is 9.97 Å². The highest BCUT2D eigenvalue weighted by Gasteiger charge is 2.12. The molecule has 2 rings (SSSR count). The van der Waals surface area contributed by atoms with E-state index in [1.54, 1.807) is 0 Å². The molecule has 1 heterocycles. The molecule has 1 N–H and O–H groups in total. The van der Waals surface area contributed by atoms with Gasteiger partial charge in [0.25, 0.3) is 11.4 Å². The first-order valence-electron chi connectivity index (χ1n) is 4.86. The minimum absolute atomic E-state index is 0.121. The minimum Gasteiger partial charge on any atom is -0.487 e. The first-order valence-corrected chi connectivity index (χ1v) is 4.86. The van der Waals surface area contributed by atoms with E-state index in [0.717, 1.165) is 18.5 Å². The third kappa shape index (κ3) is 2.45. The Balaban J connectivity index is 2.40. The summed E-state index contributed by atoms with van der Waals surface area (Å²) >= 11 is 0. The van der Waals surface area contributed by atoms with Gasteiger partial charge in [-0.3, -0.25) is 4.79 Å². The van der Waals surface area contributed by atoms with Crippen LogP contribution in [0.3, 0.4) is 0 Å². The van der Waals surface area contributed by atoms with Gasteiger partial charge in [0, 0.05) is 18.2 Å². The Hall–Kier alpha value is -2.44. The van der Waals surface area contributed by atoms with Gasteiger partial charge in [-0.05, 0) is 0 Å². The number of nitrogens with one attached hydrogen (secondary N) is 1. The van der Waals surface area contributed by atoms with Gasteiger partial charge < -0.3 is 14.5 Å². The van der Waals surface area contributed by atoms with Crippen molar-refractivity contribution in [3.05, 3.63) is 46.5 Å². The van der Waals surface area contributed by atoms with Crippen LogP contribution in [0, 0.1) is 11.6 Å². The lowest BCUT2D eigenvalue weighted by Gasteiger charge is -2.07. The molecule has 0 fully saturated rings. The lowest BCUT2D eigenvalue weighted by atomic mass is 10.3. The lowest BCUT2D eigenvalue weighted by molar-refractivity contribution is 0.361. The normalized spacial score (nSPS) is 10.2. The van der Waals surface area contributed by atoms with Crippen molar-refractivity contribution in [3.8, 4) is 17.4 Å². The SMILES string of the molecule is COc1c(Oc2cc(F)cc(F)c2)nc[nH]c1=O. The summed E-state index contributed by atoms with van der Waals surface area (Å²) in [6.45, 7) is 0. The first kappa shape index (κ1) is 12.0. The van der Waals surface area contributed by atoms with Gasteiger partial charge in [-0.15, -0.1) is 0 Å². The van der Waals surface area contributed by atoms with Crippen LogP contribution in [0.5, 0.6) is 17.4 Å². The molecule has 1 aromatic carbocycles. The van der Waals surface area contributed by atoms with Crippen LogP contribution in [0.2, 0.25) is 0 Å². The monoisotopic (exact) mass is 254 g/mol. The van der Waals surface area contributed by atoms with Gasteiger partial charge in [0.2, 0.25) is 5.75 Å². The summed E-state index contributed by atoms with van der Waals surface area (Å²) in [5.41, 5.74) is -0.556. The summed E-state index contributed by atoms with van der Waals surface area (Å²) in [4.78, 5) is 17.3. The Kier molecular flexibility index (Phi) is 3.22. The molecule has 0 unspecified atom stereocenters. The molecular formula is C11H8F2N2O3. The van der Waals surface area contributed by atoms with Crippen molar-refractivity contribution >= 4 is 0 Å². The van der Waals surface area contributed by atoms with Crippen molar-refractivity contribution < 1.29 is 18.3 Å². The average Bonchev–Trinajstić information content (AvgIpc) is 2.27. The number of nitrogens with zero attached hydrogens (tertiary/aromatic N) is 1. The number of aromatic nitrogens is 2. The van der Waals surface area contributed by atoms with Gasteiger partial charge in [0.1, 0.15) is 17.4 Å². The van der Waals surface area contributed by atoms with E-state index >= 15 is 0 Å². The highest BCUT2D eigenvalue weighted by atomic mass is 19.1.